The van der Waals surface area contributed by atoms with Gasteiger partial charge in [0.05, 0.1) is 15.5 Å². The lowest BCUT2D eigenvalue weighted by Crippen LogP contribution is -2.28. The number of nitrogens with zero attached hydrogens (tertiary/aromatic N) is 1. The smallest absolute Gasteiger partial charge is 0.270 e. The van der Waals surface area contributed by atoms with Crippen LogP contribution in [0, 0.1) is 10.1 Å². The summed E-state index contributed by atoms with van der Waals surface area (Å²) in [7, 11) is 0. The number of rotatable bonds is 7. The number of hydrogen-bond donors (Lipinski definition) is 2. The van der Waals surface area contributed by atoms with Crippen LogP contribution >= 0.6 is 11.6 Å². The van der Waals surface area contributed by atoms with E-state index in [1.54, 1.807) is 24.3 Å². The van der Waals surface area contributed by atoms with Crippen molar-refractivity contribution in [3.63, 3.8) is 0 Å². The predicted octanol–water partition coefficient (Wildman–Crippen LogP) is 3.02. The quantitative estimate of drug-likeness (QED) is 0.569. The lowest BCUT2D eigenvalue weighted by atomic mass is 10.2. The van der Waals surface area contributed by atoms with Gasteiger partial charge in [0, 0.05) is 24.4 Å². The van der Waals surface area contributed by atoms with E-state index in [-0.39, 0.29) is 28.8 Å². The zero-order valence-electron chi connectivity index (χ0n) is 13.8. The molecule has 0 atom stereocenters. The molecule has 0 bridgehead atoms. The Morgan fingerprint density at radius 1 is 1.19 bits per heavy atom. The number of benzene rings is 2. The van der Waals surface area contributed by atoms with E-state index in [0.29, 0.717) is 18.0 Å². The van der Waals surface area contributed by atoms with Crippen LogP contribution in [0.3, 0.4) is 0 Å². The van der Waals surface area contributed by atoms with Gasteiger partial charge in [-0.25, -0.2) is 0 Å². The first-order valence-corrected chi connectivity index (χ1v) is 8.03. The number of nitro groups is 1. The van der Waals surface area contributed by atoms with E-state index in [9.17, 15) is 19.7 Å². The number of nitro benzene ring substituents is 1. The number of non-ortho nitro benzene ring substituents is 1. The number of amides is 2. The van der Waals surface area contributed by atoms with E-state index in [1.165, 1.54) is 12.1 Å². The van der Waals surface area contributed by atoms with Gasteiger partial charge in [0.1, 0.15) is 5.75 Å². The Balaban J connectivity index is 1.99. The van der Waals surface area contributed by atoms with Gasteiger partial charge < -0.3 is 15.4 Å². The molecule has 0 spiro atoms. The van der Waals surface area contributed by atoms with Crippen LogP contribution in [0.25, 0.3) is 0 Å². The second-order valence-corrected chi connectivity index (χ2v) is 5.55. The highest BCUT2D eigenvalue weighted by molar-refractivity contribution is 6.34. The molecular weight excluding hydrogens is 362 g/mol. The van der Waals surface area contributed by atoms with E-state index in [2.05, 4.69) is 10.6 Å². The normalized spacial score (nSPS) is 10.1. The molecule has 0 aliphatic rings. The van der Waals surface area contributed by atoms with Gasteiger partial charge >= 0.3 is 0 Å². The molecule has 2 aromatic carbocycles. The fourth-order valence-electron chi connectivity index (χ4n) is 2.03. The van der Waals surface area contributed by atoms with Gasteiger partial charge in [0.25, 0.3) is 17.5 Å². The maximum Gasteiger partial charge on any atom is 0.270 e. The fraction of sp³-hybridized carbons (Fsp3) is 0.176. The van der Waals surface area contributed by atoms with Crippen LogP contribution in [-0.2, 0) is 4.79 Å². The highest BCUT2D eigenvalue weighted by Gasteiger charge is 2.15. The summed E-state index contributed by atoms with van der Waals surface area (Å²) in [5.74, 6) is -0.249. The minimum atomic E-state index is -0.590. The lowest BCUT2D eigenvalue weighted by molar-refractivity contribution is -0.384. The molecule has 8 nitrogen and oxygen atoms in total. The van der Waals surface area contributed by atoms with Gasteiger partial charge in [-0.2, -0.15) is 0 Å². The van der Waals surface area contributed by atoms with E-state index >= 15 is 0 Å². The van der Waals surface area contributed by atoms with Gasteiger partial charge in [0.15, 0.2) is 6.61 Å². The molecule has 0 saturated carbocycles. The van der Waals surface area contributed by atoms with Crippen molar-refractivity contribution in [2.45, 2.75) is 6.92 Å². The molecule has 2 amide bonds. The fourth-order valence-corrected chi connectivity index (χ4v) is 2.29. The summed E-state index contributed by atoms with van der Waals surface area (Å²) in [6, 6.07) is 10.0. The first kappa shape index (κ1) is 19.2. The summed E-state index contributed by atoms with van der Waals surface area (Å²) in [6.07, 6.45) is 0. The van der Waals surface area contributed by atoms with Crippen LogP contribution in [-0.4, -0.2) is 29.9 Å². The molecule has 2 N–H and O–H groups in total. The Morgan fingerprint density at radius 3 is 2.46 bits per heavy atom. The lowest BCUT2D eigenvalue weighted by Gasteiger charge is -2.09. The van der Waals surface area contributed by atoms with Gasteiger partial charge in [-0.15, -0.1) is 0 Å². The zero-order valence-corrected chi connectivity index (χ0v) is 14.6. The van der Waals surface area contributed by atoms with Gasteiger partial charge in [-0.3, -0.25) is 19.7 Å². The number of ether oxygens (including phenoxy) is 1. The molecule has 0 fully saturated rings. The van der Waals surface area contributed by atoms with Crippen molar-refractivity contribution >= 4 is 34.8 Å². The van der Waals surface area contributed by atoms with E-state index in [1.807, 2.05) is 6.92 Å². The molecule has 2 aromatic rings. The van der Waals surface area contributed by atoms with E-state index in [0.717, 1.165) is 6.07 Å². The van der Waals surface area contributed by atoms with E-state index in [4.69, 9.17) is 16.3 Å². The Morgan fingerprint density at radius 2 is 1.88 bits per heavy atom. The van der Waals surface area contributed by atoms with Crippen molar-refractivity contribution < 1.29 is 19.2 Å². The summed E-state index contributed by atoms with van der Waals surface area (Å²) < 4.78 is 5.31. The molecule has 0 saturated heterocycles. The number of likely N-dealkylation sites (N-methyl/N-ethyl adjacent to an activating group) is 1. The first-order chi connectivity index (χ1) is 12.4. The van der Waals surface area contributed by atoms with Crippen molar-refractivity contribution in [2.24, 2.45) is 0 Å². The molecule has 9 heteroatoms. The first-order valence-electron chi connectivity index (χ1n) is 7.65. The zero-order chi connectivity index (χ0) is 19.1. The molecule has 0 aliphatic carbocycles. The average Bonchev–Trinajstić information content (AvgIpc) is 2.61. The van der Waals surface area contributed by atoms with Gasteiger partial charge in [-0.05, 0) is 37.3 Å². The maximum atomic E-state index is 12.2. The third-order valence-corrected chi connectivity index (χ3v) is 3.58. The van der Waals surface area contributed by atoms with Crippen LogP contribution in [0.2, 0.25) is 5.02 Å². The van der Waals surface area contributed by atoms with Crippen LogP contribution in [0.15, 0.2) is 42.5 Å². The largest absolute Gasteiger partial charge is 0.484 e. The molecule has 0 heterocycles. The number of carbonyl (C=O) groups excluding carboxylic acids is 2. The van der Waals surface area contributed by atoms with Crippen molar-refractivity contribution in [1.29, 1.82) is 0 Å². The second-order valence-electron chi connectivity index (χ2n) is 5.14. The van der Waals surface area contributed by atoms with Gasteiger partial charge in [-0.1, -0.05) is 11.6 Å². The third-order valence-electron chi connectivity index (χ3n) is 3.26. The minimum absolute atomic E-state index is 0.0152. The molecule has 26 heavy (non-hydrogen) atoms. The number of carbonyl (C=O) groups is 2. The SMILES string of the molecule is CCNC(=O)COc1ccc(NC(=O)c2ccc([N+](=O)[O-])cc2Cl)cc1. The summed E-state index contributed by atoms with van der Waals surface area (Å²) in [5, 5.41) is 15.9. The summed E-state index contributed by atoms with van der Waals surface area (Å²) in [4.78, 5) is 33.7. The number of anilines is 1. The van der Waals surface area contributed by atoms with Crippen molar-refractivity contribution in [1.82, 2.24) is 5.32 Å². The van der Waals surface area contributed by atoms with Gasteiger partial charge in [0.2, 0.25) is 0 Å². The minimum Gasteiger partial charge on any atom is -0.484 e. The molecule has 0 aromatic heterocycles. The molecular formula is C17H16ClN3O5. The molecule has 0 radical (unpaired) electrons. The van der Waals surface area contributed by atoms with Crippen molar-refractivity contribution in [2.75, 3.05) is 18.5 Å². The second kappa shape index (κ2) is 8.82. The Labute approximate surface area is 154 Å². The Bertz CT molecular complexity index is 824. The van der Waals surface area contributed by atoms with Crippen molar-refractivity contribution in [3.8, 4) is 5.75 Å². The van der Waals surface area contributed by atoms with Crippen LogP contribution in [0.5, 0.6) is 5.75 Å². The van der Waals surface area contributed by atoms with E-state index < -0.39 is 10.8 Å². The molecule has 2 rings (SSSR count). The van der Waals surface area contributed by atoms with Crippen LogP contribution < -0.4 is 15.4 Å². The predicted molar refractivity (Wildman–Crippen MR) is 96.7 cm³/mol. The highest BCUT2D eigenvalue weighted by atomic mass is 35.5. The van der Waals surface area contributed by atoms with Crippen LogP contribution in [0.1, 0.15) is 17.3 Å². The number of nitrogens with one attached hydrogen (secondary N) is 2. The number of halogens is 1. The average molecular weight is 378 g/mol. The summed E-state index contributed by atoms with van der Waals surface area (Å²) in [5.41, 5.74) is 0.406. The summed E-state index contributed by atoms with van der Waals surface area (Å²) >= 11 is 5.93. The molecule has 136 valence electrons. The molecule has 0 aliphatic heterocycles. The monoisotopic (exact) mass is 377 g/mol. The third kappa shape index (κ3) is 5.18. The maximum absolute atomic E-state index is 12.2. The standard InChI is InChI=1S/C17H16ClN3O5/c1-2-19-16(22)10-26-13-6-3-11(4-7-13)20-17(23)14-8-5-12(21(24)25)9-15(14)18/h3-9H,2,10H2,1H3,(H,19,22)(H,20,23). The summed E-state index contributed by atoms with van der Waals surface area (Å²) in [6.45, 7) is 2.24. The Hall–Kier alpha value is -3.13. The van der Waals surface area contributed by atoms with Crippen LogP contribution in [0.4, 0.5) is 11.4 Å². The topological polar surface area (TPSA) is 111 Å². The van der Waals surface area contributed by atoms with Crippen molar-refractivity contribution in [3.05, 3.63) is 63.2 Å². The Kier molecular flexibility index (Phi) is 6.51. The number of hydrogen-bond acceptors (Lipinski definition) is 5. The highest BCUT2D eigenvalue weighted by Crippen LogP contribution is 2.24. The molecule has 0 unspecified atom stereocenters.